The molecule has 2 rings (SSSR count). The van der Waals surface area contributed by atoms with E-state index in [0.29, 0.717) is 11.1 Å². The number of rotatable bonds is 4. The predicted molar refractivity (Wildman–Crippen MR) is 81.3 cm³/mol. The summed E-state index contributed by atoms with van der Waals surface area (Å²) in [4.78, 5) is 0. The van der Waals surface area contributed by atoms with Gasteiger partial charge in [-0.25, -0.2) is 0 Å². The highest BCUT2D eigenvalue weighted by Crippen LogP contribution is 2.29. The molecule has 1 aromatic rings. The molecule has 0 aromatic heterocycles. The molecule has 1 atom stereocenters. The number of nitrogens with one attached hydrogen (secondary N) is 2. The van der Waals surface area contributed by atoms with Crippen molar-refractivity contribution in [3.05, 3.63) is 23.2 Å². The Morgan fingerprint density at radius 1 is 1.32 bits per heavy atom. The van der Waals surface area contributed by atoms with E-state index in [9.17, 15) is 0 Å². The molecule has 0 radical (unpaired) electrons. The summed E-state index contributed by atoms with van der Waals surface area (Å²) < 4.78 is 5.64. The van der Waals surface area contributed by atoms with Crippen molar-refractivity contribution in [1.82, 2.24) is 5.32 Å². The fourth-order valence-corrected chi connectivity index (χ4v) is 2.56. The van der Waals surface area contributed by atoms with Gasteiger partial charge in [-0.05, 0) is 64.4 Å². The quantitative estimate of drug-likeness (QED) is 0.884. The van der Waals surface area contributed by atoms with Crippen LogP contribution in [-0.2, 0) is 0 Å². The molecule has 3 nitrogen and oxygen atoms in total. The SMILES string of the molecule is CC(C)Oc1ccc(NC2CCCNCC2)cc1Cl. The minimum absolute atomic E-state index is 0.143. The molecule has 106 valence electrons. The largest absolute Gasteiger partial charge is 0.489 e. The third-order valence-electron chi connectivity index (χ3n) is 3.24. The van der Waals surface area contributed by atoms with Crippen molar-refractivity contribution in [3.8, 4) is 5.75 Å². The average Bonchev–Trinajstić information content (AvgIpc) is 2.61. The molecule has 1 aromatic carbocycles. The number of hydrogen-bond acceptors (Lipinski definition) is 3. The second-order valence-electron chi connectivity index (χ2n) is 5.33. The van der Waals surface area contributed by atoms with Crippen LogP contribution in [0.4, 0.5) is 5.69 Å². The van der Waals surface area contributed by atoms with Crippen LogP contribution in [0.1, 0.15) is 33.1 Å². The molecule has 19 heavy (non-hydrogen) atoms. The molecule has 0 bridgehead atoms. The van der Waals surface area contributed by atoms with Crippen LogP contribution in [0.25, 0.3) is 0 Å². The maximum atomic E-state index is 6.25. The van der Waals surface area contributed by atoms with Gasteiger partial charge in [0.2, 0.25) is 0 Å². The van der Waals surface area contributed by atoms with Crippen molar-refractivity contribution in [3.63, 3.8) is 0 Å². The lowest BCUT2D eigenvalue weighted by molar-refractivity contribution is 0.242. The van der Waals surface area contributed by atoms with E-state index in [1.165, 1.54) is 12.8 Å². The average molecular weight is 283 g/mol. The van der Waals surface area contributed by atoms with Crippen LogP contribution in [-0.4, -0.2) is 25.2 Å². The van der Waals surface area contributed by atoms with Crippen molar-refractivity contribution >= 4 is 17.3 Å². The summed E-state index contributed by atoms with van der Waals surface area (Å²) in [6.45, 7) is 6.21. The van der Waals surface area contributed by atoms with Gasteiger partial charge in [-0.15, -0.1) is 0 Å². The Morgan fingerprint density at radius 3 is 2.89 bits per heavy atom. The topological polar surface area (TPSA) is 33.3 Å². The zero-order valence-corrected chi connectivity index (χ0v) is 12.5. The Labute approximate surface area is 120 Å². The molecule has 1 aliphatic rings. The number of benzene rings is 1. The summed E-state index contributed by atoms with van der Waals surface area (Å²) in [5.74, 6) is 0.754. The maximum absolute atomic E-state index is 6.25. The van der Waals surface area contributed by atoms with Crippen LogP contribution >= 0.6 is 11.6 Å². The third kappa shape index (κ3) is 4.59. The number of ether oxygens (including phenoxy) is 1. The van der Waals surface area contributed by atoms with E-state index in [-0.39, 0.29) is 6.10 Å². The van der Waals surface area contributed by atoms with E-state index in [4.69, 9.17) is 16.3 Å². The molecule has 1 fully saturated rings. The van der Waals surface area contributed by atoms with Gasteiger partial charge in [0.05, 0.1) is 11.1 Å². The van der Waals surface area contributed by atoms with Gasteiger partial charge in [0.15, 0.2) is 0 Å². The number of halogens is 1. The summed E-state index contributed by atoms with van der Waals surface area (Å²) in [6.07, 6.45) is 3.72. The van der Waals surface area contributed by atoms with E-state index >= 15 is 0 Å². The van der Waals surface area contributed by atoms with Gasteiger partial charge in [-0.3, -0.25) is 0 Å². The summed E-state index contributed by atoms with van der Waals surface area (Å²) in [7, 11) is 0. The highest BCUT2D eigenvalue weighted by atomic mass is 35.5. The molecule has 4 heteroatoms. The van der Waals surface area contributed by atoms with E-state index in [1.54, 1.807) is 0 Å². The monoisotopic (exact) mass is 282 g/mol. The van der Waals surface area contributed by atoms with Crippen LogP contribution in [0.3, 0.4) is 0 Å². The number of anilines is 1. The first-order valence-corrected chi connectivity index (χ1v) is 7.46. The Hall–Kier alpha value is -0.930. The number of hydrogen-bond donors (Lipinski definition) is 2. The summed E-state index contributed by atoms with van der Waals surface area (Å²) in [5, 5.41) is 7.65. The molecule has 0 spiro atoms. The fourth-order valence-electron chi connectivity index (χ4n) is 2.34. The van der Waals surface area contributed by atoms with Gasteiger partial charge >= 0.3 is 0 Å². The summed E-state index contributed by atoms with van der Waals surface area (Å²) in [5.41, 5.74) is 1.08. The molecule has 0 aliphatic carbocycles. The van der Waals surface area contributed by atoms with Gasteiger partial charge in [0.1, 0.15) is 5.75 Å². The summed E-state index contributed by atoms with van der Waals surface area (Å²) in [6, 6.07) is 6.47. The molecule has 2 N–H and O–H groups in total. The van der Waals surface area contributed by atoms with Gasteiger partial charge in [-0.2, -0.15) is 0 Å². The lowest BCUT2D eigenvalue weighted by Crippen LogP contribution is -2.21. The molecular weight excluding hydrogens is 260 g/mol. The van der Waals surface area contributed by atoms with E-state index < -0.39 is 0 Å². The third-order valence-corrected chi connectivity index (χ3v) is 3.54. The van der Waals surface area contributed by atoms with Crippen LogP contribution in [0.15, 0.2) is 18.2 Å². The standard InChI is InChI=1S/C15H23ClN2O/c1-11(2)19-15-6-5-13(10-14(15)16)18-12-4-3-8-17-9-7-12/h5-6,10-12,17-18H,3-4,7-9H2,1-2H3. The maximum Gasteiger partial charge on any atom is 0.138 e. The van der Waals surface area contributed by atoms with E-state index in [2.05, 4.69) is 10.6 Å². The van der Waals surface area contributed by atoms with Crippen LogP contribution in [0.2, 0.25) is 5.02 Å². The van der Waals surface area contributed by atoms with Crippen LogP contribution in [0, 0.1) is 0 Å². The molecule has 1 unspecified atom stereocenters. The van der Waals surface area contributed by atoms with Crippen molar-refractivity contribution in [2.75, 3.05) is 18.4 Å². The molecule has 1 saturated heterocycles. The molecule has 0 saturated carbocycles. The zero-order chi connectivity index (χ0) is 13.7. The first kappa shape index (κ1) is 14.5. The highest BCUT2D eigenvalue weighted by molar-refractivity contribution is 6.32. The first-order chi connectivity index (χ1) is 9.15. The highest BCUT2D eigenvalue weighted by Gasteiger charge is 2.12. The fraction of sp³-hybridized carbons (Fsp3) is 0.600. The Morgan fingerprint density at radius 2 is 2.16 bits per heavy atom. The zero-order valence-electron chi connectivity index (χ0n) is 11.7. The van der Waals surface area contributed by atoms with Gasteiger partial charge < -0.3 is 15.4 Å². The Balaban J connectivity index is 1.98. The first-order valence-electron chi connectivity index (χ1n) is 7.08. The molecule has 1 heterocycles. The smallest absolute Gasteiger partial charge is 0.138 e. The van der Waals surface area contributed by atoms with Crippen molar-refractivity contribution in [2.24, 2.45) is 0 Å². The molecule has 1 aliphatic heterocycles. The summed E-state index contributed by atoms with van der Waals surface area (Å²) >= 11 is 6.25. The van der Waals surface area contributed by atoms with Crippen molar-refractivity contribution in [1.29, 1.82) is 0 Å². The normalized spacial score (nSPS) is 20.1. The van der Waals surface area contributed by atoms with Crippen molar-refractivity contribution < 1.29 is 4.74 Å². The van der Waals surface area contributed by atoms with Crippen molar-refractivity contribution in [2.45, 2.75) is 45.3 Å². The second-order valence-corrected chi connectivity index (χ2v) is 5.74. The van der Waals surface area contributed by atoms with E-state index in [1.807, 2.05) is 32.0 Å². The minimum atomic E-state index is 0.143. The Bertz CT molecular complexity index is 401. The van der Waals surface area contributed by atoms with Gasteiger partial charge in [0.25, 0.3) is 0 Å². The lowest BCUT2D eigenvalue weighted by atomic mass is 10.1. The van der Waals surface area contributed by atoms with E-state index in [0.717, 1.165) is 30.9 Å². The second kappa shape index (κ2) is 7.01. The van der Waals surface area contributed by atoms with Crippen LogP contribution < -0.4 is 15.4 Å². The molecule has 0 amide bonds. The Kier molecular flexibility index (Phi) is 5.34. The van der Waals surface area contributed by atoms with Gasteiger partial charge in [-0.1, -0.05) is 11.6 Å². The minimum Gasteiger partial charge on any atom is -0.489 e. The predicted octanol–water partition coefficient (Wildman–Crippen LogP) is 3.68. The van der Waals surface area contributed by atoms with Gasteiger partial charge in [0, 0.05) is 11.7 Å². The lowest BCUT2D eigenvalue weighted by Gasteiger charge is -2.18. The molecular formula is C15H23ClN2O. The van der Waals surface area contributed by atoms with Crippen LogP contribution in [0.5, 0.6) is 5.75 Å².